The van der Waals surface area contributed by atoms with Gasteiger partial charge in [-0.25, -0.2) is 0 Å². The molecule has 1 amide bonds. The van der Waals surface area contributed by atoms with Gasteiger partial charge in [0.1, 0.15) is 0 Å². The number of halogens is 1. The minimum Gasteiger partial charge on any atom is -0.325 e. The molecule has 0 radical (unpaired) electrons. The van der Waals surface area contributed by atoms with Crippen molar-refractivity contribution in [2.24, 2.45) is 0 Å². The Hall–Kier alpha value is -3.09. The Morgan fingerprint density at radius 2 is 1.77 bits per heavy atom. The van der Waals surface area contributed by atoms with Crippen molar-refractivity contribution in [1.29, 1.82) is 0 Å². The Morgan fingerprint density at radius 3 is 2.50 bits per heavy atom. The minimum atomic E-state index is -0.0995. The van der Waals surface area contributed by atoms with Crippen LogP contribution in [0.15, 0.2) is 84.0 Å². The molecule has 0 bridgehead atoms. The van der Waals surface area contributed by atoms with Crippen molar-refractivity contribution in [3.63, 3.8) is 0 Å². The van der Waals surface area contributed by atoms with E-state index < -0.39 is 0 Å². The predicted molar refractivity (Wildman–Crippen MR) is 122 cm³/mol. The number of benzene rings is 3. The van der Waals surface area contributed by atoms with Crippen molar-refractivity contribution in [1.82, 2.24) is 14.8 Å². The highest BCUT2D eigenvalue weighted by Crippen LogP contribution is 2.28. The summed E-state index contributed by atoms with van der Waals surface area (Å²) in [6.07, 6.45) is 0. The molecule has 0 saturated carbocycles. The summed E-state index contributed by atoms with van der Waals surface area (Å²) in [5, 5.41) is 12.9. The molecule has 0 aliphatic rings. The van der Waals surface area contributed by atoms with Crippen LogP contribution in [0, 0.1) is 6.92 Å². The molecule has 0 spiro atoms. The third-order valence-corrected chi connectivity index (χ3v) is 5.57. The van der Waals surface area contributed by atoms with Crippen molar-refractivity contribution in [2.75, 3.05) is 11.1 Å². The quantitative estimate of drug-likeness (QED) is 0.400. The van der Waals surface area contributed by atoms with Gasteiger partial charge in [0.15, 0.2) is 11.0 Å². The second-order valence-corrected chi connectivity index (χ2v) is 8.07. The smallest absolute Gasteiger partial charge is 0.234 e. The summed E-state index contributed by atoms with van der Waals surface area (Å²) < 4.78 is 1.94. The van der Waals surface area contributed by atoms with Crippen molar-refractivity contribution in [3.05, 3.63) is 89.4 Å². The van der Waals surface area contributed by atoms with Gasteiger partial charge >= 0.3 is 0 Å². The average molecular weight is 435 g/mol. The lowest BCUT2D eigenvalue weighted by Gasteiger charge is -2.11. The standard InChI is InChI=1S/C23H19ClN4OS/c1-16-6-5-9-19(14-16)25-21(29)15-30-23-27-26-22(17-7-3-2-4-8-17)28(23)20-12-10-18(24)11-13-20/h2-14H,15H2,1H3,(H,25,29). The molecule has 4 rings (SSSR count). The molecular weight excluding hydrogens is 416 g/mol. The molecule has 3 aromatic carbocycles. The van der Waals surface area contributed by atoms with Crippen LogP contribution in [0.5, 0.6) is 0 Å². The first-order valence-electron chi connectivity index (χ1n) is 9.36. The number of carbonyl (C=O) groups is 1. The number of carbonyl (C=O) groups excluding carboxylic acids is 1. The van der Waals surface area contributed by atoms with Gasteiger partial charge < -0.3 is 5.32 Å². The Kier molecular flexibility index (Phi) is 6.16. The van der Waals surface area contributed by atoms with Gasteiger partial charge in [0.25, 0.3) is 0 Å². The third-order valence-electron chi connectivity index (χ3n) is 4.38. The maximum atomic E-state index is 12.5. The molecule has 0 aliphatic carbocycles. The Bertz CT molecular complexity index is 1160. The van der Waals surface area contributed by atoms with Crippen molar-refractivity contribution < 1.29 is 4.79 Å². The van der Waals surface area contributed by atoms with Gasteiger partial charge in [-0.3, -0.25) is 9.36 Å². The number of thioether (sulfide) groups is 1. The van der Waals surface area contributed by atoms with Gasteiger partial charge in [-0.2, -0.15) is 0 Å². The zero-order chi connectivity index (χ0) is 20.9. The zero-order valence-corrected chi connectivity index (χ0v) is 17.8. The van der Waals surface area contributed by atoms with E-state index in [1.165, 1.54) is 11.8 Å². The van der Waals surface area contributed by atoms with Crippen LogP contribution in [0.25, 0.3) is 17.1 Å². The number of nitrogens with one attached hydrogen (secondary N) is 1. The van der Waals surface area contributed by atoms with Crippen molar-refractivity contribution >= 4 is 35.0 Å². The number of rotatable bonds is 6. The first kappa shape index (κ1) is 20.2. The first-order chi connectivity index (χ1) is 14.6. The van der Waals surface area contributed by atoms with E-state index in [-0.39, 0.29) is 11.7 Å². The fraction of sp³-hybridized carbons (Fsp3) is 0.0870. The SMILES string of the molecule is Cc1cccc(NC(=O)CSc2nnc(-c3ccccc3)n2-c2ccc(Cl)cc2)c1. The molecule has 1 N–H and O–H groups in total. The average Bonchev–Trinajstić information content (AvgIpc) is 3.17. The number of aromatic nitrogens is 3. The number of amides is 1. The Balaban J connectivity index is 1.59. The molecule has 0 unspecified atom stereocenters. The van der Waals surface area contributed by atoms with Crippen LogP contribution in [0.4, 0.5) is 5.69 Å². The van der Waals surface area contributed by atoms with Gasteiger partial charge in [0.05, 0.1) is 5.75 Å². The molecule has 1 heterocycles. The van der Waals surface area contributed by atoms with E-state index in [2.05, 4.69) is 15.5 Å². The van der Waals surface area contributed by atoms with E-state index in [1.54, 1.807) is 0 Å². The number of hydrogen-bond donors (Lipinski definition) is 1. The Morgan fingerprint density at radius 1 is 1.00 bits per heavy atom. The van der Waals surface area contributed by atoms with E-state index >= 15 is 0 Å². The van der Waals surface area contributed by atoms with Crippen LogP contribution in [0.2, 0.25) is 5.02 Å². The number of hydrogen-bond acceptors (Lipinski definition) is 4. The van der Waals surface area contributed by atoms with Gasteiger partial charge in [-0.1, -0.05) is 65.8 Å². The van der Waals surface area contributed by atoms with E-state index in [1.807, 2.05) is 90.4 Å². The predicted octanol–water partition coefficient (Wildman–Crippen LogP) is 5.63. The van der Waals surface area contributed by atoms with Crippen LogP contribution in [0.1, 0.15) is 5.56 Å². The zero-order valence-electron chi connectivity index (χ0n) is 16.2. The highest BCUT2D eigenvalue weighted by atomic mass is 35.5. The Labute approximate surface area is 184 Å². The molecular formula is C23H19ClN4OS. The largest absolute Gasteiger partial charge is 0.325 e. The van der Waals surface area contributed by atoms with Crippen molar-refractivity contribution in [3.8, 4) is 17.1 Å². The molecule has 150 valence electrons. The second-order valence-electron chi connectivity index (χ2n) is 6.69. The van der Waals surface area contributed by atoms with E-state index in [0.717, 1.165) is 22.5 Å². The maximum Gasteiger partial charge on any atom is 0.234 e. The molecule has 1 aromatic heterocycles. The summed E-state index contributed by atoms with van der Waals surface area (Å²) >= 11 is 7.40. The summed E-state index contributed by atoms with van der Waals surface area (Å²) in [5.41, 5.74) is 3.70. The van der Waals surface area contributed by atoms with E-state index in [4.69, 9.17) is 11.6 Å². The lowest BCUT2D eigenvalue weighted by Crippen LogP contribution is -2.14. The van der Waals surface area contributed by atoms with Crippen LogP contribution in [0.3, 0.4) is 0 Å². The fourth-order valence-corrected chi connectivity index (χ4v) is 3.89. The molecule has 30 heavy (non-hydrogen) atoms. The molecule has 4 aromatic rings. The fourth-order valence-electron chi connectivity index (χ4n) is 3.01. The lowest BCUT2D eigenvalue weighted by atomic mass is 10.2. The molecule has 0 saturated heterocycles. The van der Waals surface area contributed by atoms with E-state index in [9.17, 15) is 4.79 Å². The molecule has 0 atom stereocenters. The van der Waals surface area contributed by atoms with Crippen LogP contribution in [-0.4, -0.2) is 26.4 Å². The van der Waals surface area contributed by atoms with Crippen molar-refractivity contribution in [2.45, 2.75) is 12.1 Å². The molecule has 7 heteroatoms. The summed E-state index contributed by atoms with van der Waals surface area (Å²) in [4.78, 5) is 12.5. The molecule has 0 aliphatic heterocycles. The first-order valence-corrected chi connectivity index (χ1v) is 10.7. The second kappa shape index (κ2) is 9.15. The number of anilines is 1. The summed E-state index contributed by atoms with van der Waals surface area (Å²) in [6.45, 7) is 1.99. The van der Waals surface area contributed by atoms with Gasteiger partial charge in [-0.15, -0.1) is 10.2 Å². The maximum absolute atomic E-state index is 12.5. The number of nitrogens with zero attached hydrogens (tertiary/aromatic N) is 3. The third kappa shape index (κ3) is 4.72. The van der Waals surface area contributed by atoms with Crippen LogP contribution in [-0.2, 0) is 4.79 Å². The molecule has 5 nitrogen and oxygen atoms in total. The molecule has 0 fully saturated rings. The minimum absolute atomic E-state index is 0.0995. The van der Waals surface area contributed by atoms with Gasteiger partial charge in [0.2, 0.25) is 5.91 Å². The summed E-state index contributed by atoms with van der Waals surface area (Å²) in [7, 11) is 0. The van der Waals surface area contributed by atoms with Gasteiger partial charge in [-0.05, 0) is 48.9 Å². The summed E-state index contributed by atoms with van der Waals surface area (Å²) in [5.74, 6) is 0.825. The highest BCUT2D eigenvalue weighted by Gasteiger charge is 2.17. The number of aryl methyl sites for hydroxylation is 1. The monoisotopic (exact) mass is 434 g/mol. The van der Waals surface area contributed by atoms with E-state index in [0.29, 0.717) is 16.0 Å². The summed E-state index contributed by atoms with van der Waals surface area (Å²) in [6, 6.07) is 25.0. The van der Waals surface area contributed by atoms with Crippen LogP contribution < -0.4 is 5.32 Å². The lowest BCUT2D eigenvalue weighted by molar-refractivity contribution is -0.113. The highest BCUT2D eigenvalue weighted by molar-refractivity contribution is 7.99. The van der Waals surface area contributed by atoms with Crippen LogP contribution >= 0.6 is 23.4 Å². The normalized spacial score (nSPS) is 10.7. The van der Waals surface area contributed by atoms with Gasteiger partial charge in [0, 0.05) is 22.0 Å². The topological polar surface area (TPSA) is 59.8 Å².